The van der Waals surface area contributed by atoms with Crippen LogP contribution in [0.5, 0.6) is 0 Å². The molecule has 0 aliphatic carbocycles. The van der Waals surface area contributed by atoms with Gasteiger partial charge in [-0.3, -0.25) is 4.98 Å². The van der Waals surface area contributed by atoms with Gasteiger partial charge in [0, 0.05) is 12.6 Å². The summed E-state index contributed by atoms with van der Waals surface area (Å²) in [5, 5.41) is 3.25. The highest BCUT2D eigenvalue weighted by atomic mass is 16.5. The third-order valence-corrected chi connectivity index (χ3v) is 2.16. The van der Waals surface area contributed by atoms with Gasteiger partial charge < -0.3 is 10.1 Å². The molecule has 0 amide bonds. The van der Waals surface area contributed by atoms with Crippen LogP contribution in [-0.4, -0.2) is 29.2 Å². The van der Waals surface area contributed by atoms with Crippen molar-refractivity contribution in [1.29, 1.82) is 0 Å². The number of ether oxygens (including phenoxy) is 1. The molecule has 1 rings (SSSR count). The van der Waals surface area contributed by atoms with Crippen molar-refractivity contribution in [3.8, 4) is 0 Å². The predicted molar refractivity (Wildman–Crippen MR) is 61.1 cm³/mol. The minimum Gasteiger partial charge on any atom is -0.380 e. The smallest absolute Gasteiger partial charge is 0.145 e. The van der Waals surface area contributed by atoms with E-state index in [4.69, 9.17) is 4.74 Å². The highest BCUT2D eigenvalue weighted by Gasteiger charge is 2.04. The average Bonchev–Trinajstić information content (AvgIpc) is 2.20. The van der Waals surface area contributed by atoms with E-state index in [1.165, 1.54) is 0 Å². The van der Waals surface area contributed by atoms with Crippen LogP contribution in [-0.2, 0) is 4.74 Å². The molecule has 1 N–H and O–H groups in total. The number of nitrogens with one attached hydrogen (secondary N) is 1. The fourth-order valence-corrected chi connectivity index (χ4v) is 1.20. The summed E-state index contributed by atoms with van der Waals surface area (Å²) in [5.74, 6) is 0.810. The molecule has 15 heavy (non-hydrogen) atoms. The zero-order valence-electron chi connectivity index (χ0n) is 9.87. The second-order valence-corrected chi connectivity index (χ2v) is 3.63. The maximum Gasteiger partial charge on any atom is 0.145 e. The summed E-state index contributed by atoms with van der Waals surface area (Å²) >= 11 is 0. The van der Waals surface area contributed by atoms with Gasteiger partial charge in [-0.05, 0) is 27.7 Å². The lowest BCUT2D eigenvalue weighted by Crippen LogP contribution is -2.22. The van der Waals surface area contributed by atoms with Crippen molar-refractivity contribution in [3.05, 3.63) is 17.6 Å². The molecule has 0 aromatic carbocycles. The van der Waals surface area contributed by atoms with Crippen molar-refractivity contribution >= 4 is 5.82 Å². The quantitative estimate of drug-likeness (QED) is 0.805. The molecule has 4 nitrogen and oxygen atoms in total. The van der Waals surface area contributed by atoms with Gasteiger partial charge in [0.15, 0.2) is 0 Å². The Labute approximate surface area is 91.1 Å². The molecule has 1 aromatic heterocycles. The molecule has 1 heterocycles. The Hall–Kier alpha value is -1.16. The minimum atomic E-state index is 0.251. The van der Waals surface area contributed by atoms with Crippen molar-refractivity contribution in [2.75, 3.05) is 18.5 Å². The Morgan fingerprint density at radius 3 is 2.73 bits per heavy atom. The number of nitrogens with zero attached hydrogens (tertiary/aromatic N) is 2. The molecule has 4 heteroatoms. The highest BCUT2D eigenvalue weighted by molar-refractivity contribution is 5.34. The molecular weight excluding hydrogens is 190 g/mol. The summed E-state index contributed by atoms with van der Waals surface area (Å²) in [6.07, 6.45) is 1.75. The van der Waals surface area contributed by atoms with E-state index < -0.39 is 0 Å². The second-order valence-electron chi connectivity index (χ2n) is 3.63. The van der Waals surface area contributed by atoms with Gasteiger partial charge in [-0.1, -0.05) is 0 Å². The first-order valence-electron chi connectivity index (χ1n) is 5.28. The van der Waals surface area contributed by atoms with Crippen LogP contribution in [0.15, 0.2) is 6.20 Å². The number of aromatic nitrogens is 2. The summed E-state index contributed by atoms with van der Waals surface area (Å²) in [6, 6.07) is 0.251. The molecule has 0 aliphatic rings. The Balaban J connectivity index is 2.53. The zero-order chi connectivity index (χ0) is 11.3. The van der Waals surface area contributed by atoms with Crippen molar-refractivity contribution in [2.24, 2.45) is 0 Å². The molecule has 1 atom stereocenters. The standard InChI is InChI=1S/C11H19N3O/c1-5-15-7-8(2)13-11-6-12-9(3)10(4)14-11/h6,8H,5,7H2,1-4H3,(H,13,14). The van der Waals surface area contributed by atoms with E-state index >= 15 is 0 Å². The number of hydrogen-bond donors (Lipinski definition) is 1. The molecule has 0 bridgehead atoms. The van der Waals surface area contributed by atoms with E-state index in [1.54, 1.807) is 6.20 Å². The fourth-order valence-electron chi connectivity index (χ4n) is 1.20. The normalized spacial score (nSPS) is 12.5. The van der Waals surface area contributed by atoms with Gasteiger partial charge in [-0.25, -0.2) is 4.98 Å². The fraction of sp³-hybridized carbons (Fsp3) is 0.636. The SMILES string of the molecule is CCOCC(C)Nc1cnc(C)c(C)n1. The number of hydrogen-bond acceptors (Lipinski definition) is 4. The Morgan fingerprint density at radius 1 is 1.40 bits per heavy atom. The van der Waals surface area contributed by atoms with E-state index in [0.29, 0.717) is 6.61 Å². The third-order valence-electron chi connectivity index (χ3n) is 2.16. The van der Waals surface area contributed by atoms with Crippen molar-refractivity contribution in [2.45, 2.75) is 33.7 Å². The Bertz CT molecular complexity index is 315. The van der Waals surface area contributed by atoms with Crippen molar-refractivity contribution in [3.63, 3.8) is 0 Å². The van der Waals surface area contributed by atoms with Gasteiger partial charge in [-0.2, -0.15) is 0 Å². The van der Waals surface area contributed by atoms with Crippen molar-refractivity contribution in [1.82, 2.24) is 9.97 Å². The summed E-state index contributed by atoms with van der Waals surface area (Å²) in [6.45, 7) is 9.39. The maximum absolute atomic E-state index is 5.31. The molecular formula is C11H19N3O. The highest BCUT2D eigenvalue weighted by Crippen LogP contribution is 2.06. The lowest BCUT2D eigenvalue weighted by molar-refractivity contribution is 0.141. The number of anilines is 1. The molecule has 0 spiro atoms. The van der Waals surface area contributed by atoms with E-state index in [9.17, 15) is 0 Å². The molecule has 0 saturated carbocycles. The topological polar surface area (TPSA) is 47.0 Å². The van der Waals surface area contributed by atoms with Crippen LogP contribution in [0.3, 0.4) is 0 Å². The first-order valence-corrected chi connectivity index (χ1v) is 5.28. The maximum atomic E-state index is 5.31. The minimum absolute atomic E-state index is 0.251. The van der Waals surface area contributed by atoms with Gasteiger partial charge in [-0.15, -0.1) is 0 Å². The van der Waals surface area contributed by atoms with Gasteiger partial charge in [0.25, 0.3) is 0 Å². The zero-order valence-corrected chi connectivity index (χ0v) is 9.87. The first-order chi connectivity index (χ1) is 7.13. The van der Waals surface area contributed by atoms with E-state index in [1.807, 2.05) is 20.8 Å². The van der Waals surface area contributed by atoms with Crippen LogP contribution in [0, 0.1) is 13.8 Å². The first kappa shape index (κ1) is 11.9. The van der Waals surface area contributed by atoms with Crippen LogP contribution in [0.4, 0.5) is 5.82 Å². The summed E-state index contributed by atoms with van der Waals surface area (Å²) < 4.78 is 5.31. The monoisotopic (exact) mass is 209 g/mol. The van der Waals surface area contributed by atoms with Crippen LogP contribution in [0.2, 0.25) is 0 Å². The summed E-state index contributed by atoms with van der Waals surface area (Å²) in [4.78, 5) is 8.64. The second kappa shape index (κ2) is 5.66. The van der Waals surface area contributed by atoms with Gasteiger partial charge in [0.2, 0.25) is 0 Å². The van der Waals surface area contributed by atoms with Gasteiger partial charge in [0.1, 0.15) is 5.82 Å². The molecule has 84 valence electrons. The van der Waals surface area contributed by atoms with Crippen LogP contribution in [0.1, 0.15) is 25.2 Å². The van der Waals surface area contributed by atoms with E-state index in [-0.39, 0.29) is 6.04 Å². The Kier molecular flexibility index (Phi) is 4.49. The summed E-state index contributed by atoms with van der Waals surface area (Å²) in [5.41, 5.74) is 1.93. The Morgan fingerprint density at radius 2 is 2.13 bits per heavy atom. The molecule has 1 aromatic rings. The van der Waals surface area contributed by atoms with Gasteiger partial charge in [0.05, 0.1) is 24.2 Å². The predicted octanol–water partition coefficient (Wildman–Crippen LogP) is 1.93. The average molecular weight is 209 g/mol. The number of aryl methyl sites for hydroxylation is 2. The molecule has 0 saturated heterocycles. The van der Waals surface area contributed by atoms with E-state index in [2.05, 4.69) is 22.2 Å². The molecule has 1 unspecified atom stereocenters. The number of rotatable bonds is 5. The lowest BCUT2D eigenvalue weighted by atomic mass is 10.3. The summed E-state index contributed by atoms with van der Waals surface area (Å²) in [7, 11) is 0. The molecule has 0 radical (unpaired) electrons. The molecule has 0 aliphatic heterocycles. The lowest BCUT2D eigenvalue weighted by Gasteiger charge is -2.14. The van der Waals surface area contributed by atoms with Crippen LogP contribution in [0.25, 0.3) is 0 Å². The van der Waals surface area contributed by atoms with Gasteiger partial charge >= 0.3 is 0 Å². The van der Waals surface area contributed by atoms with Crippen molar-refractivity contribution < 1.29 is 4.74 Å². The largest absolute Gasteiger partial charge is 0.380 e. The van der Waals surface area contributed by atoms with Crippen LogP contribution >= 0.6 is 0 Å². The van der Waals surface area contributed by atoms with Crippen LogP contribution < -0.4 is 5.32 Å². The molecule has 0 fully saturated rings. The van der Waals surface area contributed by atoms with E-state index in [0.717, 1.165) is 23.8 Å². The third kappa shape index (κ3) is 3.83.